The summed E-state index contributed by atoms with van der Waals surface area (Å²) in [6.45, 7) is 3.33. The van der Waals surface area contributed by atoms with E-state index in [0.717, 1.165) is 59.6 Å². The molecule has 0 radical (unpaired) electrons. The van der Waals surface area contributed by atoms with Crippen molar-refractivity contribution in [1.82, 2.24) is 9.97 Å². The van der Waals surface area contributed by atoms with E-state index in [1.165, 1.54) is 0 Å². The maximum atomic E-state index is 12.0. The number of rotatable bonds is 6. The van der Waals surface area contributed by atoms with Gasteiger partial charge in [-0.3, -0.25) is 0 Å². The number of ether oxygens (including phenoxy) is 1. The first kappa shape index (κ1) is 19.1. The number of aldehydes is 1. The quantitative estimate of drug-likeness (QED) is 0.494. The van der Waals surface area contributed by atoms with Crippen LogP contribution in [0.25, 0.3) is 10.9 Å². The van der Waals surface area contributed by atoms with E-state index >= 15 is 0 Å². The zero-order chi connectivity index (χ0) is 20.4. The first-order valence-electron chi connectivity index (χ1n) is 10.0. The summed E-state index contributed by atoms with van der Waals surface area (Å²) in [5.74, 6) is 2.55. The maximum absolute atomic E-state index is 12.0. The Hall–Kier alpha value is -3.22. The highest BCUT2D eigenvalue weighted by atomic mass is 16.5. The second-order valence-corrected chi connectivity index (χ2v) is 7.45. The van der Waals surface area contributed by atoms with Crippen LogP contribution in [0.15, 0.2) is 42.6 Å². The topological polar surface area (TPSA) is 87.5 Å². The van der Waals surface area contributed by atoms with E-state index in [2.05, 4.69) is 25.8 Å². The number of carbonyl (C=O) groups excluding carboxylic acids is 1. The molecule has 1 saturated heterocycles. The molecule has 0 amide bonds. The number of nitrogens with one attached hydrogen (secondary N) is 1. The van der Waals surface area contributed by atoms with Gasteiger partial charge in [0.05, 0.1) is 12.6 Å². The lowest BCUT2D eigenvalue weighted by Gasteiger charge is -2.41. The smallest absolute Gasteiger partial charge is 0.171 e. The van der Waals surface area contributed by atoms with Crippen molar-refractivity contribution in [3.63, 3.8) is 0 Å². The number of anilines is 3. The SMILES string of the molecule is CCOc1cccnc1N(C)C1CCN(c2cc3cc(N)ccc3[nH]2)C(C=O)C1. The van der Waals surface area contributed by atoms with Gasteiger partial charge in [0, 0.05) is 42.4 Å². The fourth-order valence-electron chi connectivity index (χ4n) is 4.14. The number of nitrogen functional groups attached to an aromatic ring is 1. The molecule has 1 aliphatic rings. The average Bonchev–Trinajstić information content (AvgIpc) is 3.16. The molecule has 4 rings (SSSR count). The van der Waals surface area contributed by atoms with Gasteiger partial charge in [0.1, 0.15) is 12.1 Å². The van der Waals surface area contributed by atoms with Crippen LogP contribution in [0.3, 0.4) is 0 Å². The van der Waals surface area contributed by atoms with Crippen LogP contribution in [-0.4, -0.2) is 48.5 Å². The number of fused-ring (bicyclic) bond motifs is 1. The van der Waals surface area contributed by atoms with Crippen LogP contribution in [-0.2, 0) is 4.79 Å². The Balaban J connectivity index is 1.54. The second kappa shape index (κ2) is 8.03. The highest BCUT2D eigenvalue weighted by Gasteiger charge is 2.32. The number of pyridine rings is 1. The van der Waals surface area contributed by atoms with Crippen molar-refractivity contribution in [2.45, 2.75) is 31.8 Å². The lowest BCUT2D eigenvalue weighted by Crippen LogP contribution is -2.50. The summed E-state index contributed by atoms with van der Waals surface area (Å²) >= 11 is 0. The van der Waals surface area contributed by atoms with E-state index in [0.29, 0.717) is 6.61 Å². The fraction of sp³-hybridized carbons (Fsp3) is 0.364. The molecular formula is C22H27N5O2. The zero-order valence-corrected chi connectivity index (χ0v) is 16.8. The molecule has 2 atom stereocenters. The Bertz CT molecular complexity index is 1000. The van der Waals surface area contributed by atoms with E-state index < -0.39 is 0 Å². The zero-order valence-electron chi connectivity index (χ0n) is 16.8. The minimum absolute atomic E-state index is 0.204. The molecule has 0 spiro atoms. The molecule has 2 aromatic heterocycles. The third-order valence-electron chi connectivity index (χ3n) is 5.65. The highest BCUT2D eigenvalue weighted by Crippen LogP contribution is 2.33. The monoisotopic (exact) mass is 393 g/mol. The Morgan fingerprint density at radius 1 is 1.38 bits per heavy atom. The number of aromatic amines is 1. The Labute approximate surface area is 170 Å². The van der Waals surface area contributed by atoms with Gasteiger partial charge < -0.3 is 30.0 Å². The molecule has 0 aliphatic carbocycles. The summed E-state index contributed by atoms with van der Waals surface area (Å²) in [4.78, 5) is 24.2. The van der Waals surface area contributed by atoms with E-state index in [4.69, 9.17) is 10.5 Å². The number of aromatic nitrogens is 2. The largest absolute Gasteiger partial charge is 0.490 e. The molecule has 1 aliphatic heterocycles. The normalized spacial score (nSPS) is 19.3. The van der Waals surface area contributed by atoms with Gasteiger partial charge in [-0.15, -0.1) is 0 Å². The number of H-pyrrole nitrogens is 1. The molecule has 3 heterocycles. The van der Waals surface area contributed by atoms with Crippen molar-refractivity contribution < 1.29 is 9.53 Å². The van der Waals surface area contributed by atoms with Crippen molar-refractivity contribution >= 4 is 34.5 Å². The van der Waals surface area contributed by atoms with Crippen LogP contribution < -0.4 is 20.3 Å². The van der Waals surface area contributed by atoms with Crippen molar-refractivity contribution in [3.05, 3.63) is 42.6 Å². The van der Waals surface area contributed by atoms with Gasteiger partial charge in [-0.2, -0.15) is 0 Å². The van der Waals surface area contributed by atoms with E-state index in [-0.39, 0.29) is 12.1 Å². The van der Waals surface area contributed by atoms with Crippen LogP contribution in [0.1, 0.15) is 19.8 Å². The number of carbonyl (C=O) groups is 1. The molecule has 1 fully saturated rings. The molecule has 0 bridgehead atoms. The first-order chi connectivity index (χ1) is 14.1. The van der Waals surface area contributed by atoms with Gasteiger partial charge in [0.15, 0.2) is 11.6 Å². The summed E-state index contributed by atoms with van der Waals surface area (Å²) in [5, 5.41) is 1.05. The Morgan fingerprint density at radius 2 is 2.24 bits per heavy atom. The van der Waals surface area contributed by atoms with E-state index in [9.17, 15) is 4.79 Å². The number of nitrogens with zero attached hydrogens (tertiary/aromatic N) is 3. The van der Waals surface area contributed by atoms with Crippen LogP contribution >= 0.6 is 0 Å². The Morgan fingerprint density at radius 3 is 3.03 bits per heavy atom. The minimum Gasteiger partial charge on any atom is -0.490 e. The Kier molecular flexibility index (Phi) is 5.29. The van der Waals surface area contributed by atoms with Crippen molar-refractivity contribution in [2.75, 3.05) is 35.7 Å². The number of nitrogens with two attached hydrogens (primary N) is 1. The summed E-state index contributed by atoms with van der Waals surface area (Å²) in [5.41, 5.74) is 7.65. The van der Waals surface area contributed by atoms with Crippen molar-refractivity contribution in [1.29, 1.82) is 0 Å². The van der Waals surface area contributed by atoms with Crippen molar-refractivity contribution in [3.8, 4) is 5.75 Å². The molecule has 3 N–H and O–H groups in total. The molecule has 1 aromatic carbocycles. The summed E-state index contributed by atoms with van der Waals surface area (Å²) < 4.78 is 5.74. The van der Waals surface area contributed by atoms with Crippen LogP contribution in [0, 0.1) is 0 Å². The van der Waals surface area contributed by atoms with Gasteiger partial charge >= 0.3 is 0 Å². The summed E-state index contributed by atoms with van der Waals surface area (Å²) in [7, 11) is 2.03. The van der Waals surface area contributed by atoms with Gasteiger partial charge in [-0.1, -0.05) is 0 Å². The summed E-state index contributed by atoms with van der Waals surface area (Å²) in [6.07, 6.45) is 4.46. The minimum atomic E-state index is -0.208. The predicted octanol–water partition coefficient (Wildman–Crippen LogP) is 3.22. The van der Waals surface area contributed by atoms with Crippen LogP contribution in [0.5, 0.6) is 5.75 Å². The van der Waals surface area contributed by atoms with Gasteiger partial charge in [0.25, 0.3) is 0 Å². The maximum Gasteiger partial charge on any atom is 0.171 e. The van der Waals surface area contributed by atoms with Crippen LogP contribution in [0.4, 0.5) is 17.3 Å². The average molecular weight is 393 g/mol. The highest BCUT2D eigenvalue weighted by molar-refractivity contribution is 5.87. The molecular weight excluding hydrogens is 366 g/mol. The van der Waals surface area contributed by atoms with Gasteiger partial charge in [-0.05, 0) is 56.2 Å². The lowest BCUT2D eigenvalue weighted by molar-refractivity contribution is -0.109. The molecule has 7 nitrogen and oxygen atoms in total. The lowest BCUT2D eigenvalue weighted by atomic mass is 9.96. The van der Waals surface area contributed by atoms with Gasteiger partial charge in [-0.25, -0.2) is 4.98 Å². The fourth-order valence-corrected chi connectivity index (χ4v) is 4.14. The van der Waals surface area contributed by atoms with Crippen LogP contribution in [0.2, 0.25) is 0 Å². The third-order valence-corrected chi connectivity index (χ3v) is 5.65. The number of piperidine rings is 1. The molecule has 0 saturated carbocycles. The predicted molar refractivity (Wildman–Crippen MR) is 117 cm³/mol. The number of benzene rings is 1. The summed E-state index contributed by atoms with van der Waals surface area (Å²) in [6, 6.07) is 11.7. The molecule has 2 unspecified atom stereocenters. The van der Waals surface area contributed by atoms with E-state index in [1.54, 1.807) is 6.20 Å². The third kappa shape index (κ3) is 3.72. The number of hydrogen-bond donors (Lipinski definition) is 2. The van der Waals surface area contributed by atoms with Gasteiger partial charge in [0.2, 0.25) is 0 Å². The first-order valence-corrected chi connectivity index (χ1v) is 10.0. The molecule has 7 heteroatoms. The number of hydrogen-bond acceptors (Lipinski definition) is 6. The second-order valence-electron chi connectivity index (χ2n) is 7.45. The van der Waals surface area contributed by atoms with Crippen molar-refractivity contribution in [2.24, 2.45) is 0 Å². The standard InChI is InChI=1S/C22H27N5O2/c1-3-29-20-5-4-9-24-22(20)26(2)17-8-10-27(18(13-17)14-28)21-12-15-11-16(23)6-7-19(15)25-21/h4-7,9,11-12,14,17-18,25H,3,8,10,13,23H2,1-2H3. The van der Waals surface area contributed by atoms with E-state index in [1.807, 2.05) is 44.3 Å². The molecule has 152 valence electrons. The molecule has 3 aromatic rings. The molecule has 29 heavy (non-hydrogen) atoms.